The second kappa shape index (κ2) is 3.14. The van der Waals surface area contributed by atoms with Crippen LogP contribution in [0.4, 0.5) is 0 Å². The van der Waals surface area contributed by atoms with Gasteiger partial charge in [0, 0.05) is 0 Å². The summed E-state index contributed by atoms with van der Waals surface area (Å²) in [6, 6.07) is 0. The molecule has 0 amide bonds. The molecule has 0 heterocycles. The summed E-state index contributed by atoms with van der Waals surface area (Å²) < 4.78 is 0. The SMILES string of the molecule is CCC(C)C(C)(O)C(C)(C)C. The van der Waals surface area contributed by atoms with Crippen molar-refractivity contribution in [2.75, 3.05) is 0 Å². The molecule has 0 rings (SSSR count). The van der Waals surface area contributed by atoms with Crippen LogP contribution in [0.3, 0.4) is 0 Å². The first-order chi connectivity index (χ1) is 4.73. The van der Waals surface area contributed by atoms with E-state index in [0.29, 0.717) is 5.92 Å². The lowest BCUT2D eigenvalue weighted by Gasteiger charge is -2.41. The molecule has 0 fully saturated rings. The van der Waals surface area contributed by atoms with E-state index >= 15 is 0 Å². The topological polar surface area (TPSA) is 20.2 Å². The average molecular weight is 158 g/mol. The first-order valence-corrected chi connectivity index (χ1v) is 4.45. The Morgan fingerprint density at radius 2 is 1.55 bits per heavy atom. The van der Waals surface area contributed by atoms with Gasteiger partial charge in [-0.05, 0) is 18.3 Å². The Morgan fingerprint density at radius 3 is 1.64 bits per heavy atom. The van der Waals surface area contributed by atoms with Gasteiger partial charge in [0.25, 0.3) is 0 Å². The van der Waals surface area contributed by atoms with Gasteiger partial charge in [0.05, 0.1) is 5.60 Å². The third kappa shape index (κ3) is 2.19. The molecular weight excluding hydrogens is 136 g/mol. The van der Waals surface area contributed by atoms with Crippen molar-refractivity contribution in [1.29, 1.82) is 0 Å². The van der Waals surface area contributed by atoms with Gasteiger partial charge in [0.1, 0.15) is 0 Å². The van der Waals surface area contributed by atoms with Crippen LogP contribution in [0.1, 0.15) is 48.0 Å². The molecule has 0 aromatic heterocycles. The van der Waals surface area contributed by atoms with Gasteiger partial charge in [0.15, 0.2) is 0 Å². The van der Waals surface area contributed by atoms with E-state index in [9.17, 15) is 5.11 Å². The highest BCUT2D eigenvalue weighted by Crippen LogP contribution is 2.37. The van der Waals surface area contributed by atoms with Crippen molar-refractivity contribution in [3.8, 4) is 0 Å². The molecule has 0 saturated carbocycles. The molecule has 2 atom stereocenters. The van der Waals surface area contributed by atoms with Gasteiger partial charge in [-0.3, -0.25) is 0 Å². The Bertz CT molecular complexity index is 119. The molecule has 0 radical (unpaired) electrons. The first-order valence-electron chi connectivity index (χ1n) is 4.45. The van der Waals surface area contributed by atoms with Crippen LogP contribution in [0.25, 0.3) is 0 Å². The second-order valence-corrected chi connectivity index (χ2v) is 4.71. The van der Waals surface area contributed by atoms with Crippen LogP contribution >= 0.6 is 0 Å². The van der Waals surface area contributed by atoms with Gasteiger partial charge >= 0.3 is 0 Å². The normalized spacial score (nSPS) is 21.0. The Labute approximate surface area is 70.8 Å². The Hall–Kier alpha value is -0.0400. The van der Waals surface area contributed by atoms with Gasteiger partial charge in [-0.15, -0.1) is 0 Å². The summed E-state index contributed by atoms with van der Waals surface area (Å²) in [7, 11) is 0. The van der Waals surface area contributed by atoms with Crippen molar-refractivity contribution in [3.05, 3.63) is 0 Å². The molecule has 68 valence electrons. The smallest absolute Gasteiger partial charge is 0.0693 e. The molecular formula is C10H22O. The van der Waals surface area contributed by atoms with Gasteiger partial charge in [-0.25, -0.2) is 0 Å². The van der Waals surface area contributed by atoms with E-state index in [1.165, 1.54) is 0 Å². The van der Waals surface area contributed by atoms with Gasteiger partial charge < -0.3 is 5.11 Å². The van der Waals surface area contributed by atoms with Crippen molar-refractivity contribution < 1.29 is 5.11 Å². The molecule has 0 aliphatic rings. The fraction of sp³-hybridized carbons (Fsp3) is 1.00. The molecule has 0 saturated heterocycles. The van der Waals surface area contributed by atoms with E-state index in [0.717, 1.165) is 6.42 Å². The third-order valence-corrected chi connectivity index (χ3v) is 3.09. The highest BCUT2D eigenvalue weighted by molar-refractivity contribution is 4.89. The minimum absolute atomic E-state index is 0.0254. The molecule has 0 spiro atoms. The zero-order valence-corrected chi connectivity index (χ0v) is 8.73. The molecule has 0 aliphatic heterocycles. The Balaban J connectivity index is 4.45. The molecule has 0 aromatic rings. The zero-order chi connectivity index (χ0) is 9.28. The van der Waals surface area contributed by atoms with Crippen molar-refractivity contribution in [2.24, 2.45) is 11.3 Å². The molecule has 0 aromatic carbocycles. The predicted octanol–water partition coefficient (Wildman–Crippen LogP) is 2.83. The monoisotopic (exact) mass is 158 g/mol. The molecule has 1 heteroatoms. The number of hydrogen-bond acceptors (Lipinski definition) is 1. The largest absolute Gasteiger partial charge is 0.389 e. The van der Waals surface area contributed by atoms with Crippen molar-refractivity contribution in [2.45, 2.75) is 53.6 Å². The van der Waals surface area contributed by atoms with E-state index in [1.807, 2.05) is 6.92 Å². The molecule has 2 unspecified atom stereocenters. The molecule has 11 heavy (non-hydrogen) atoms. The standard InChI is InChI=1S/C10H22O/c1-7-8(2)10(6,11)9(3,4)5/h8,11H,7H2,1-6H3. The van der Waals surface area contributed by atoms with Gasteiger partial charge in [-0.2, -0.15) is 0 Å². The van der Waals surface area contributed by atoms with E-state index in [-0.39, 0.29) is 5.41 Å². The van der Waals surface area contributed by atoms with Crippen molar-refractivity contribution in [1.82, 2.24) is 0 Å². The minimum Gasteiger partial charge on any atom is -0.389 e. The van der Waals surface area contributed by atoms with Crippen LogP contribution in [-0.4, -0.2) is 10.7 Å². The van der Waals surface area contributed by atoms with Crippen LogP contribution in [0.2, 0.25) is 0 Å². The van der Waals surface area contributed by atoms with Crippen LogP contribution in [0.5, 0.6) is 0 Å². The fourth-order valence-electron chi connectivity index (χ4n) is 1.14. The van der Waals surface area contributed by atoms with Crippen molar-refractivity contribution >= 4 is 0 Å². The predicted molar refractivity (Wildman–Crippen MR) is 49.5 cm³/mol. The summed E-state index contributed by atoms with van der Waals surface area (Å²) in [4.78, 5) is 0. The Morgan fingerprint density at radius 1 is 1.18 bits per heavy atom. The molecule has 0 aliphatic carbocycles. The number of aliphatic hydroxyl groups is 1. The lowest BCUT2D eigenvalue weighted by molar-refractivity contribution is -0.0846. The summed E-state index contributed by atoms with van der Waals surface area (Å²) in [5, 5.41) is 10.1. The van der Waals surface area contributed by atoms with Crippen LogP contribution in [0.15, 0.2) is 0 Å². The molecule has 1 N–H and O–H groups in total. The summed E-state index contributed by atoms with van der Waals surface area (Å²) in [5.41, 5.74) is -0.579. The number of hydrogen-bond donors (Lipinski definition) is 1. The molecule has 1 nitrogen and oxygen atoms in total. The summed E-state index contributed by atoms with van der Waals surface area (Å²) in [5.74, 6) is 0.363. The lowest BCUT2D eigenvalue weighted by Crippen LogP contribution is -2.45. The first kappa shape index (κ1) is 11.0. The van der Waals surface area contributed by atoms with E-state index in [2.05, 4.69) is 34.6 Å². The van der Waals surface area contributed by atoms with Gasteiger partial charge in [-0.1, -0.05) is 41.0 Å². The summed E-state index contributed by atoms with van der Waals surface area (Å²) >= 11 is 0. The van der Waals surface area contributed by atoms with Crippen LogP contribution < -0.4 is 0 Å². The zero-order valence-electron chi connectivity index (χ0n) is 8.73. The van der Waals surface area contributed by atoms with Gasteiger partial charge in [0.2, 0.25) is 0 Å². The second-order valence-electron chi connectivity index (χ2n) is 4.71. The highest BCUT2D eigenvalue weighted by Gasteiger charge is 2.38. The molecule has 0 bridgehead atoms. The maximum atomic E-state index is 10.1. The van der Waals surface area contributed by atoms with Crippen LogP contribution in [-0.2, 0) is 0 Å². The summed E-state index contributed by atoms with van der Waals surface area (Å²) in [6.45, 7) is 12.4. The Kier molecular flexibility index (Phi) is 3.13. The average Bonchev–Trinajstić information content (AvgIpc) is 1.83. The summed E-state index contributed by atoms with van der Waals surface area (Å²) in [6.07, 6.45) is 1.03. The number of rotatable bonds is 2. The minimum atomic E-state index is -0.554. The van der Waals surface area contributed by atoms with Crippen molar-refractivity contribution in [3.63, 3.8) is 0 Å². The lowest BCUT2D eigenvalue weighted by atomic mass is 9.70. The van der Waals surface area contributed by atoms with E-state index < -0.39 is 5.60 Å². The van der Waals surface area contributed by atoms with E-state index in [4.69, 9.17) is 0 Å². The van der Waals surface area contributed by atoms with Crippen LogP contribution in [0, 0.1) is 11.3 Å². The van der Waals surface area contributed by atoms with E-state index in [1.54, 1.807) is 0 Å². The quantitative estimate of drug-likeness (QED) is 0.655. The highest BCUT2D eigenvalue weighted by atomic mass is 16.3. The maximum Gasteiger partial charge on any atom is 0.0693 e. The maximum absolute atomic E-state index is 10.1. The third-order valence-electron chi connectivity index (χ3n) is 3.09. The fourth-order valence-corrected chi connectivity index (χ4v) is 1.14.